The Balaban J connectivity index is 1.87. The summed E-state index contributed by atoms with van der Waals surface area (Å²) >= 11 is 5.89. The molecular formula is C15H15ClN4O. The average molecular weight is 303 g/mol. The molecule has 5 nitrogen and oxygen atoms in total. The summed E-state index contributed by atoms with van der Waals surface area (Å²) in [7, 11) is 0. The van der Waals surface area contributed by atoms with Gasteiger partial charge in [-0.1, -0.05) is 23.7 Å². The van der Waals surface area contributed by atoms with E-state index in [9.17, 15) is 4.79 Å². The van der Waals surface area contributed by atoms with E-state index in [0.717, 1.165) is 5.69 Å². The first kappa shape index (κ1) is 15.0. The second-order valence-corrected chi connectivity index (χ2v) is 4.80. The molecule has 21 heavy (non-hydrogen) atoms. The lowest BCUT2D eigenvalue weighted by molar-refractivity contribution is -0.121. The molecule has 2 aromatic rings. The largest absolute Gasteiger partial charge is 0.374 e. The average Bonchev–Trinajstić information content (AvgIpc) is 2.48. The van der Waals surface area contributed by atoms with Crippen molar-refractivity contribution in [1.82, 2.24) is 10.4 Å². The number of aromatic nitrogens is 1. The number of hydrazone groups is 1. The Morgan fingerprint density at radius 1 is 1.33 bits per heavy atom. The molecule has 0 aliphatic rings. The number of benzene rings is 1. The van der Waals surface area contributed by atoms with Gasteiger partial charge in [0.2, 0.25) is 0 Å². The van der Waals surface area contributed by atoms with Crippen LogP contribution in [-0.2, 0) is 4.79 Å². The lowest BCUT2D eigenvalue weighted by Gasteiger charge is -2.13. The fourth-order valence-corrected chi connectivity index (χ4v) is 1.80. The summed E-state index contributed by atoms with van der Waals surface area (Å²) in [6.45, 7) is 1.74. The van der Waals surface area contributed by atoms with Crippen LogP contribution in [-0.4, -0.2) is 23.1 Å². The number of nitrogens with zero attached hydrogens (tertiary/aromatic N) is 2. The van der Waals surface area contributed by atoms with Crippen LogP contribution in [0.15, 0.2) is 53.8 Å². The molecule has 0 spiro atoms. The number of halogens is 1. The van der Waals surface area contributed by atoms with Crippen molar-refractivity contribution in [2.75, 3.05) is 5.32 Å². The van der Waals surface area contributed by atoms with E-state index in [2.05, 4.69) is 20.8 Å². The number of hydrogen-bond donors (Lipinski definition) is 2. The highest BCUT2D eigenvalue weighted by molar-refractivity contribution is 6.30. The predicted molar refractivity (Wildman–Crippen MR) is 84.5 cm³/mol. The van der Waals surface area contributed by atoms with Crippen molar-refractivity contribution in [3.8, 4) is 0 Å². The third-order valence-electron chi connectivity index (χ3n) is 2.66. The zero-order valence-corrected chi connectivity index (χ0v) is 12.2. The van der Waals surface area contributed by atoms with Crippen molar-refractivity contribution in [2.45, 2.75) is 13.0 Å². The molecule has 0 aliphatic heterocycles. The fourth-order valence-electron chi connectivity index (χ4n) is 1.60. The number of pyridine rings is 1. The molecule has 0 fully saturated rings. The van der Waals surface area contributed by atoms with Crippen molar-refractivity contribution in [3.05, 3.63) is 59.4 Å². The molecule has 0 aliphatic carbocycles. The molecule has 0 saturated carbocycles. The third-order valence-corrected chi connectivity index (χ3v) is 2.90. The van der Waals surface area contributed by atoms with Crippen LogP contribution in [0.4, 0.5) is 5.69 Å². The molecule has 1 aromatic heterocycles. The van der Waals surface area contributed by atoms with E-state index in [-0.39, 0.29) is 5.91 Å². The van der Waals surface area contributed by atoms with Crippen LogP contribution in [0, 0.1) is 0 Å². The number of anilines is 1. The number of nitrogens with one attached hydrogen (secondary N) is 2. The first-order valence-corrected chi connectivity index (χ1v) is 6.79. The van der Waals surface area contributed by atoms with Gasteiger partial charge in [0.25, 0.3) is 5.91 Å². The Bertz CT molecular complexity index is 631. The molecule has 2 rings (SSSR count). The van der Waals surface area contributed by atoms with Gasteiger partial charge in [0, 0.05) is 16.9 Å². The SMILES string of the molecule is CC(Nc1cccc(Cl)c1)C(=O)N/N=C/c1ccccn1. The summed E-state index contributed by atoms with van der Waals surface area (Å²) in [5, 5.41) is 7.53. The zero-order valence-electron chi connectivity index (χ0n) is 11.5. The number of carbonyl (C=O) groups excluding carboxylic acids is 1. The van der Waals surface area contributed by atoms with Gasteiger partial charge in [-0.05, 0) is 37.3 Å². The van der Waals surface area contributed by atoms with Crippen LogP contribution in [0.5, 0.6) is 0 Å². The maximum Gasteiger partial charge on any atom is 0.262 e. The number of amides is 1. The maximum absolute atomic E-state index is 11.9. The molecule has 1 aromatic carbocycles. The molecule has 6 heteroatoms. The molecule has 0 saturated heterocycles. The smallest absolute Gasteiger partial charge is 0.262 e. The zero-order chi connectivity index (χ0) is 15.1. The molecule has 2 N–H and O–H groups in total. The van der Waals surface area contributed by atoms with E-state index in [1.807, 2.05) is 24.3 Å². The van der Waals surface area contributed by atoms with Crippen LogP contribution in [0.25, 0.3) is 0 Å². The fraction of sp³-hybridized carbons (Fsp3) is 0.133. The molecule has 1 atom stereocenters. The van der Waals surface area contributed by atoms with Crippen LogP contribution in [0.3, 0.4) is 0 Å². The highest BCUT2D eigenvalue weighted by Crippen LogP contribution is 2.15. The first-order valence-electron chi connectivity index (χ1n) is 6.41. The van der Waals surface area contributed by atoms with Crippen molar-refractivity contribution < 1.29 is 4.79 Å². The monoisotopic (exact) mass is 302 g/mol. The molecule has 1 unspecified atom stereocenters. The second-order valence-electron chi connectivity index (χ2n) is 4.37. The summed E-state index contributed by atoms with van der Waals surface area (Å²) in [5.41, 5.74) is 3.91. The van der Waals surface area contributed by atoms with Gasteiger partial charge in [-0.15, -0.1) is 0 Å². The van der Waals surface area contributed by atoms with E-state index in [1.165, 1.54) is 6.21 Å². The van der Waals surface area contributed by atoms with Gasteiger partial charge in [-0.25, -0.2) is 5.43 Å². The lowest BCUT2D eigenvalue weighted by atomic mass is 10.2. The van der Waals surface area contributed by atoms with E-state index in [1.54, 1.807) is 31.3 Å². The lowest BCUT2D eigenvalue weighted by Crippen LogP contribution is -2.34. The minimum absolute atomic E-state index is 0.248. The Morgan fingerprint density at radius 2 is 2.19 bits per heavy atom. The van der Waals surface area contributed by atoms with Gasteiger partial charge in [0.15, 0.2) is 0 Å². The van der Waals surface area contributed by atoms with E-state index in [0.29, 0.717) is 10.7 Å². The minimum Gasteiger partial charge on any atom is -0.374 e. The normalized spacial score (nSPS) is 12.1. The van der Waals surface area contributed by atoms with Crippen molar-refractivity contribution in [2.24, 2.45) is 5.10 Å². The van der Waals surface area contributed by atoms with Crippen molar-refractivity contribution in [3.63, 3.8) is 0 Å². The molecule has 108 valence electrons. The van der Waals surface area contributed by atoms with Crippen LogP contribution >= 0.6 is 11.6 Å². The Kier molecular flexibility index (Phi) is 5.29. The van der Waals surface area contributed by atoms with Crippen LogP contribution in [0.1, 0.15) is 12.6 Å². The second kappa shape index (κ2) is 7.40. The Labute approximate surface area is 128 Å². The summed E-state index contributed by atoms with van der Waals surface area (Å²) in [6.07, 6.45) is 3.15. The number of carbonyl (C=O) groups is 1. The quantitative estimate of drug-likeness (QED) is 0.659. The standard InChI is InChI=1S/C15H15ClN4O/c1-11(19-13-7-4-5-12(16)9-13)15(21)20-18-10-14-6-2-3-8-17-14/h2-11,19H,1H3,(H,20,21)/b18-10+. The first-order chi connectivity index (χ1) is 10.1. The maximum atomic E-state index is 11.9. The molecule has 0 bridgehead atoms. The van der Waals surface area contributed by atoms with Crippen molar-refractivity contribution >= 4 is 29.4 Å². The molecular weight excluding hydrogens is 288 g/mol. The van der Waals surface area contributed by atoms with Gasteiger partial charge in [0.1, 0.15) is 6.04 Å². The van der Waals surface area contributed by atoms with Crippen LogP contribution < -0.4 is 10.7 Å². The highest BCUT2D eigenvalue weighted by Gasteiger charge is 2.11. The topological polar surface area (TPSA) is 66.4 Å². The van der Waals surface area contributed by atoms with Gasteiger partial charge >= 0.3 is 0 Å². The Morgan fingerprint density at radius 3 is 2.90 bits per heavy atom. The summed E-state index contributed by atoms with van der Waals surface area (Å²) in [6, 6.07) is 12.2. The summed E-state index contributed by atoms with van der Waals surface area (Å²) < 4.78 is 0. The predicted octanol–water partition coefficient (Wildman–Crippen LogP) is 2.69. The van der Waals surface area contributed by atoms with Crippen LogP contribution in [0.2, 0.25) is 5.02 Å². The minimum atomic E-state index is -0.440. The Hall–Kier alpha value is -2.40. The molecule has 1 heterocycles. The van der Waals surface area contributed by atoms with Crippen molar-refractivity contribution in [1.29, 1.82) is 0 Å². The highest BCUT2D eigenvalue weighted by atomic mass is 35.5. The van der Waals surface area contributed by atoms with E-state index >= 15 is 0 Å². The van der Waals surface area contributed by atoms with Gasteiger partial charge in [-0.3, -0.25) is 9.78 Å². The van der Waals surface area contributed by atoms with Gasteiger partial charge in [-0.2, -0.15) is 5.10 Å². The third kappa shape index (κ3) is 4.89. The summed E-state index contributed by atoms with van der Waals surface area (Å²) in [5.74, 6) is -0.248. The number of rotatable bonds is 5. The van der Waals surface area contributed by atoms with Gasteiger partial charge < -0.3 is 5.32 Å². The van der Waals surface area contributed by atoms with E-state index in [4.69, 9.17) is 11.6 Å². The summed E-state index contributed by atoms with van der Waals surface area (Å²) in [4.78, 5) is 15.9. The molecule has 0 radical (unpaired) electrons. The van der Waals surface area contributed by atoms with Gasteiger partial charge in [0.05, 0.1) is 11.9 Å². The number of hydrogen-bond acceptors (Lipinski definition) is 4. The molecule has 1 amide bonds. The van der Waals surface area contributed by atoms with E-state index < -0.39 is 6.04 Å².